The first-order chi connectivity index (χ1) is 8.90. The first-order valence-corrected chi connectivity index (χ1v) is 6.71. The molecule has 0 aliphatic rings. The van der Waals surface area contributed by atoms with Gasteiger partial charge in [0.25, 0.3) is 0 Å². The summed E-state index contributed by atoms with van der Waals surface area (Å²) in [5, 5.41) is 25.9. The molecule has 0 amide bonds. The van der Waals surface area contributed by atoms with Gasteiger partial charge in [-0.2, -0.15) is 9.98 Å². The molecule has 1 rings (SSSR count). The summed E-state index contributed by atoms with van der Waals surface area (Å²) in [5.41, 5.74) is 0.651. The molecule has 0 saturated carbocycles. The maximum Gasteiger partial charge on any atom is 0.324 e. The zero-order valence-electron chi connectivity index (χ0n) is 9.78. The molecule has 102 valence electrons. The molecular formula is C11H12N2O5S. The van der Waals surface area contributed by atoms with Gasteiger partial charge in [-0.05, 0) is 17.7 Å². The topological polar surface area (TPSA) is 127 Å². The number of rotatable bonds is 6. The van der Waals surface area contributed by atoms with E-state index < -0.39 is 28.6 Å². The Balaban J connectivity index is 2.94. The predicted molar refractivity (Wildman–Crippen MR) is 64.6 cm³/mol. The SMILES string of the molecule is N#CCc1ccc(S(=O)(=O)N[C@@H](CO)C(=O)O)cc1. The van der Waals surface area contributed by atoms with Crippen molar-refractivity contribution in [2.75, 3.05) is 6.61 Å². The van der Waals surface area contributed by atoms with Gasteiger partial charge in [0.15, 0.2) is 0 Å². The third-order valence-electron chi connectivity index (χ3n) is 2.29. The molecule has 19 heavy (non-hydrogen) atoms. The highest BCUT2D eigenvalue weighted by molar-refractivity contribution is 7.89. The number of hydrogen-bond donors (Lipinski definition) is 3. The van der Waals surface area contributed by atoms with Gasteiger partial charge in [0, 0.05) is 0 Å². The van der Waals surface area contributed by atoms with Crippen LogP contribution in [0.15, 0.2) is 29.2 Å². The number of hydrogen-bond acceptors (Lipinski definition) is 5. The lowest BCUT2D eigenvalue weighted by Gasteiger charge is -2.12. The highest BCUT2D eigenvalue weighted by atomic mass is 32.2. The summed E-state index contributed by atoms with van der Waals surface area (Å²) >= 11 is 0. The lowest BCUT2D eigenvalue weighted by atomic mass is 10.2. The number of aliphatic carboxylic acids is 1. The molecule has 0 aliphatic carbocycles. The molecule has 0 radical (unpaired) electrons. The average Bonchev–Trinajstić information content (AvgIpc) is 2.37. The summed E-state index contributed by atoms with van der Waals surface area (Å²) in [7, 11) is -4.02. The van der Waals surface area contributed by atoms with Gasteiger partial charge in [-0.1, -0.05) is 12.1 Å². The third-order valence-corrected chi connectivity index (χ3v) is 3.78. The molecule has 0 aromatic heterocycles. The van der Waals surface area contributed by atoms with Crippen LogP contribution < -0.4 is 4.72 Å². The Bertz CT molecular complexity index is 589. The Morgan fingerprint density at radius 3 is 2.37 bits per heavy atom. The second-order valence-corrected chi connectivity index (χ2v) is 5.39. The predicted octanol–water partition coefficient (Wildman–Crippen LogP) is -0.524. The molecule has 0 unspecified atom stereocenters. The van der Waals surface area contributed by atoms with Crippen molar-refractivity contribution in [1.29, 1.82) is 5.26 Å². The summed E-state index contributed by atoms with van der Waals surface area (Å²) in [5.74, 6) is -1.47. The van der Waals surface area contributed by atoms with E-state index in [0.29, 0.717) is 5.56 Å². The van der Waals surface area contributed by atoms with E-state index in [1.165, 1.54) is 24.3 Å². The van der Waals surface area contributed by atoms with Crippen molar-refractivity contribution in [1.82, 2.24) is 4.72 Å². The van der Waals surface area contributed by atoms with Crippen molar-refractivity contribution in [2.45, 2.75) is 17.4 Å². The third kappa shape index (κ3) is 4.03. The number of aliphatic hydroxyl groups is 1. The van der Waals surface area contributed by atoms with Gasteiger partial charge in [-0.25, -0.2) is 8.42 Å². The van der Waals surface area contributed by atoms with Crippen LogP contribution >= 0.6 is 0 Å². The lowest BCUT2D eigenvalue weighted by Crippen LogP contribution is -2.43. The van der Waals surface area contributed by atoms with E-state index in [-0.39, 0.29) is 11.3 Å². The van der Waals surface area contributed by atoms with Crippen LogP contribution in [-0.4, -0.2) is 37.2 Å². The van der Waals surface area contributed by atoms with Crippen molar-refractivity contribution in [3.8, 4) is 6.07 Å². The Kier molecular flexibility index (Phi) is 5.00. The molecule has 0 spiro atoms. The van der Waals surface area contributed by atoms with E-state index in [0.717, 1.165) is 0 Å². The zero-order valence-corrected chi connectivity index (χ0v) is 10.6. The number of aliphatic hydroxyl groups excluding tert-OH is 1. The Labute approximate surface area is 110 Å². The second-order valence-electron chi connectivity index (χ2n) is 3.67. The molecule has 1 aromatic carbocycles. The minimum atomic E-state index is -4.02. The smallest absolute Gasteiger partial charge is 0.324 e. The molecule has 3 N–H and O–H groups in total. The van der Waals surface area contributed by atoms with Crippen LogP contribution in [0.25, 0.3) is 0 Å². The maximum absolute atomic E-state index is 11.8. The number of carboxylic acids is 1. The Hall–Kier alpha value is -1.95. The fourth-order valence-corrected chi connectivity index (χ4v) is 2.48. The van der Waals surface area contributed by atoms with Gasteiger partial charge >= 0.3 is 5.97 Å². The maximum atomic E-state index is 11.8. The quantitative estimate of drug-likeness (QED) is 0.644. The van der Waals surface area contributed by atoms with Gasteiger partial charge in [-0.3, -0.25) is 4.79 Å². The fraction of sp³-hybridized carbons (Fsp3) is 0.273. The van der Waals surface area contributed by atoms with E-state index in [1.807, 2.05) is 10.8 Å². The summed E-state index contributed by atoms with van der Waals surface area (Å²) in [6.45, 7) is -0.846. The van der Waals surface area contributed by atoms with E-state index in [9.17, 15) is 13.2 Å². The van der Waals surface area contributed by atoms with Crippen LogP contribution in [0.1, 0.15) is 5.56 Å². The molecule has 8 heteroatoms. The van der Waals surface area contributed by atoms with Gasteiger partial charge in [0.2, 0.25) is 10.0 Å². The van der Waals surface area contributed by atoms with Crippen LogP contribution in [0.2, 0.25) is 0 Å². The number of carbonyl (C=O) groups is 1. The largest absolute Gasteiger partial charge is 0.480 e. The first-order valence-electron chi connectivity index (χ1n) is 5.22. The van der Waals surface area contributed by atoms with E-state index in [4.69, 9.17) is 15.5 Å². The molecule has 0 heterocycles. The Morgan fingerprint density at radius 1 is 1.37 bits per heavy atom. The fourth-order valence-electron chi connectivity index (χ4n) is 1.30. The number of benzene rings is 1. The second kappa shape index (κ2) is 6.29. The van der Waals surface area contributed by atoms with Crippen molar-refractivity contribution < 1.29 is 23.4 Å². The summed E-state index contributed by atoms with van der Waals surface area (Å²) in [6.07, 6.45) is 0.155. The molecule has 0 saturated heterocycles. The number of nitrogens with zero attached hydrogens (tertiary/aromatic N) is 1. The average molecular weight is 284 g/mol. The van der Waals surface area contributed by atoms with E-state index >= 15 is 0 Å². The molecular weight excluding hydrogens is 272 g/mol. The number of sulfonamides is 1. The van der Waals surface area contributed by atoms with E-state index in [1.54, 1.807) is 0 Å². The molecule has 0 fully saturated rings. The van der Waals surface area contributed by atoms with Gasteiger partial charge in [0.05, 0.1) is 24.0 Å². The first kappa shape index (κ1) is 15.1. The number of nitriles is 1. The highest BCUT2D eigenvalue weighted by Gasteiger charge is 2.24. The zero-order chi connectivity index (χ0) is 14.5. The summed E-state index contributed by atoms with van der Waals surface area (Å²) < 4.78 is 25.5. The van der Waals surface area contributed by atoms with Crippen LogP contribution in [0.5, 0.6) is 0 Å². The van der Waals surface area contributed by atoms with Crippen LogP contribution in [-0.2, 0) is 21.2 Å². The number of carboxylic acid groups (broad SMARTS) is 1. The normalized spacial score (nSPS) is 12.6. The van der Waals surface area contributed by atoms with Crippen molar-refractivity contribution in [3.05, 3.63) is 29.8 Å². The molecule has 1 atom stereocenters. The molecule has 7 nitrogen and oxygen atoms in total. The van der Waals surface area contributed by atoms with Crippen LogP contribution in [0, 0.1) is 11.3 Å². The molecule has 1 aromatic rings. The monoisotopic (exact) mass is 284 g/mol. The molecule has 0 bridgehead atoms. The summed E-state index contributed by atoms with van der Waals surface area (Å²) in [6, 6.07) is 5.80. The lowest BCUT2D eigenvalue weighted by molar-refractivity contribution is -0.139. The van der Waals surface area contributed by atoms with E-state index in [2.05, 4.69) is 0 Å². The van der Waals surface area contributed by atoms with Gasteiger partial charge < -0.3 is 10.2 Å². The minimum absolute atomic E-state index is 0.131. The van der Waals surface area contributed by atoms with Crippen LogP contribution in [0.4, 0.5) is 0 Å². The summed E-state index contributed by atoms with van der Waals surface area (Å²) in [4.78, 5) is 10.5. The standard InChI is InChI=1S/C11H12N2O5S/c12-6-5-8-1-3-9(4-2-8)19(17,18)13-10(7-14)11(15)16/h1-4,10,13-14H,5,7H2,(H,15,16)/t10-/m0/s1. The van der Waals surface area contributed by atoms with Crippen molar-refractivity contribution >= 4 is 16.0 Å². The highest BCUT2D eigenvalue weighted by Crippen LogP contribution is 2.11. The minimum Gasteiger partial charge on any atom is -0.480 e. The Morgan fingerprint density at radius 2 is 1.95 bits per heavy atom. The van der Waals surface area contributed by atoms with Gasteiger partial charge in [0.1, 0.15) is 6.04 Å². The van der Waals surface area contributed by atoms with Gasteiger partial charge in [-0.15, -0.1) is 0 Å². The van der Waals surface area contributed by atoms with Crippen LogP contribution in [0.3, 0.4) is 0 Å². The van der Waals surface area contributed by atoms with Crippen molar-refractivity contribution in [2.24, 2.45) is 0 Å². The van der Waals surface area contributed by atoms with Crippen molar-refractivity contribution in [3.63, 3.8) is 0 Å². The molecule has 0 aliphatic heterocycles. The number of nitrogens with one attached hydrogen (secondary N) is 1.